The summed E-state index contributed by atoms with van der Waals surface area (Å²) < 4.78 is 44.4. The normalized spacial score (nSPS) is 12.5. The molecule has 0 unspecified atom stereocenters. The molecule has 3 N–H and O–H groups in total. The van der Waals surface area contributed by atoms with Crippen LogP contribution in [0.1, 0.15) is 31.9 Å². The number of benzene rings is 1. The third-order valence-electron chi connectivity index (χ3n) is 2.63. The lowest BCUT2D eigenvalue weighted by atomic mass is 10.1. The van der Waals surface area contributed by atoms with Gasteiger partial charge in [-0.1, -0.05) is 6.07 Å². The first-order chi connectivity index (χ1) is 9.61. The molecule has 0 radical (unpaired) electrons. The molecule has 1 rings (SSSR count). The number of alkyl halides is 3. The maximum Gasteiger partial charge on any atom is 0.416 e. The predicted molar refractivity (Wildman–Crippen MR) is 80.0 cm³/mol. The van der Waals surface area contributed by atoms with Gasteiger partial charge in [0.05, 0.1) is 17.7 Å². The van der Waals surface area contributed by atoms with Gasteiger partial charge in [-0.3, -0.25) is 4.79 Å². The number of hydrogen-bond donors (Lipinski definition) is 2. The van der Waals surface area contributed by atoms with Gasteiger partial charge in [0.25, 0.3) is 0 Å². The van der Waals surface area contributed by atoms with E-state index in [-0.39, 0.29) is 36.4 Å². The summed E-state index contributed by atoms with van der Waals surface area (Å²) in [5.74, 6) is -0.370. The molecule has 1 aromatic carbocycles. The lowest BCUT2D eigenvalue weighted by Gasteiger charge is -2.17. The summed E-state index contributed by atoms with van der Waals surface area (Å²) in [5, 5.41) is 2.37. The zero-order valence-electron chi connectivity index (χ0n) is 12.5. The maximum absolute atomic E-state index is 13.1. The van der Waals surface area contributed by atoms with Gasteiger partial charge in [-0.2, -0.15) is 13.2 Å². The molecule has 0 aliphatic heterocycles. The molecule has 1 aromatic rings. The smallest absolute Gasteiger partial charge is 0.416 e. The molecule has 0 aliphatic carbocycles. The molecule has 0 aliphatic rings. The highest BCUT2D eigenvalue weighted by atomic mass is 35.5. The number of halogens is 4. The van der Waals surface area contributed by atoms with Crippen LogP contribution in [-0.2, 0) is 17.5 Å². The van der Waals surface area contributed by atoms with Gasteiger partial charge >= 0.3 is 6.18 Å². The van der Waals surface area contributed by atoms with Crippen LogP contribution in [0.15, 0.2) is 18.2 Å². The Balaban J connectivity index is 0.00000441. The molecule has 0 bridgehead atoms. The molecule has 22 heavy (non-hydrogen) atoms. The number of nitrogens with one attached hydrogen (secondary N) is 1. The Morgan fingerprint density at radius 2 is 1.91 bits per heavy atom. The van der Waals surface area contributed by atoms with Gasteiger partial charge in [0.1, 0.15) is 5.75 Å². The van der Waals surface area contributed by atoms with Crippen LogP contribution in [0.4, 0.5) is 13.2 Å². The van der Waals surface area contributed by atoms with Crippen molar-refractivity contribution < 1.29 is 22.7 Å². The molecule has 1 amide bonds. The molecule has 0 saturated carbocycles. The van der Waals surface area contributed by atoms with Crippen molar-refractivity contribution in [2.24, 2.45) is 5.73 Å². The number of carbonyl (C=O) groups excluding carboxylic acids is 1. The fourth-order valence-electron chi connectivity index (χ4n) is 1.66. The molecule has 1 atom stereocenters. The summed E-state index contributed by atoms with van der Waals surface area (Å²) in [4.78, 5) is 11.3. The Morgan fingerprint density at radius 1 is 1.32 bits per heavy atom. The highest BCUT2D eigenvalue weighted by molar-refractivity contribution is 5.85. The van der Waals surface area contributed by atoms with Crippen molar-refractivity contribution in [2.45, 2.75) is 45.6 Å². The Bertz CT molecular complexity index is 505. The Morgan fingerprint density at radius 3 is 2.36 bits per heavy atom. The maximum atomic E-state index is 13.1. The fourth-order valence-corrected chi connectivity index (χ4v) is 1.66. The van der Waals surface area contributed by atoms with Crippen molar-refractivity contribution >= 4 is 18.3 Å². The van der Waals surface area contributed by atoms with Gasteiger partial charge in [0, 0.05) is 6.54 Å². The number of carbonyl (C=O) groups is 1. The van der Waals surface area contributed by atoms with Crippen LogP contribution >= 0.6 is 12.4 Å². The van der Waals surface area contributed by atoms with E-state index in [1.165, 1.54) is 19.1 Å². The van der Waals surface area contributed by atoms with E-state index in [0.29, 0.717) is 0 Å². The summed E-state index contributed by atoms with van der Waals surface area (Å²) in [6.07, 6.45) is -4.75. The van der Waals surface area contributed by atoms with Crippen molar-refractivity contribution in [3.8, 4) is 5.75 Å². The molecule has 126 valence electrons. The summed E-state index contributed by atoms with van der Waals surface area (Å²) in [5.41, 5.74) is 4.49. The van der Waals surface area contributed by atoms with Crippen LogP contribution in [0.5, 0.6) is 5.75 Å². The van der Waals surface area contributed by atoms with Crippen molar-refractivity contribution in [1.29, 1.82) is 0 Å². The first-order valence-electron chi connectivity index (χ1n) is 6.51. The second-order valence-electron chi connectivity index (χ2n) is 4.99. The SMILES string of the molecule is CC(C)Oc1ccc(CNC(=O)[C@@H](C)N)c(C(F)(F)F)c1.Cl. The van der Waals surface area contributed by atoms with E-state index in [2.05, 4.69) is 5.32 Å². The van der Waals surface area contributed by atoms with Gasteiger partial charge in [-0.15, -0.1) is 12.4 Å². The highest BCUT2D eigenvalue weighted by Gasteiger charge is 2.34. The van der Waals surface area contributed by atoms with Gasteiger partial charge < -0.3 is 15.8 Å². The van der Waals surface area contributed by atoms with Gasteiger partial charge in [0.2, 0.25) is 5.91 Å². The zero-order chi connectivity index (χ0) is 16.2. The quantitative estimate of drug-likeness (QED) is 0.866. The van der Waals surface area contributed by atoms with Gasteiger partial charge in [0.15, 0.2) is 0 Å². The molecule has 0 fully saturated rings. The minimum Gasteiger partial charge on any atom is -0.491 e. The summed E-state index contributed by atoms with van der Waals surface area (Å²) in [7, 11) is 0. The first-order valence-corrected chi connectivity index (χ1v) is 6.51. The predicted octanol–water partition coefficient (Wildman–Crippen LogP) is 2.88. The van der Waals surface area contributed by atoms with Crippen molar-refractivity contribution in [3.05, 3.63) is 29.3 Å². The fraction of sp³-hybridized carbons (Fsp3) is 0.500. The monoisotopic (exact) mass is 340 g/mol. The zero-order valence-corrected chi connectivity index (χ0v) is 13.3. The molecule has 8 heteroatoms. The van der Waals surface area contributed by atoms with E-state index >= 15 is 0 Å². The molecule has 0 spiro atoms. The number of rotatable bonds is 5. The van der Waals surface area contributed by atoms with Crippen LogP contribution in [0, 0.1) is 0 Å². The second-order valence-corrected chi connectivity index (χ2v) is 4.99. The van der Waals surface area contributed by atoms with Crippen LogP contribution in [0.2, 0.25) is 0 Å². The molecule has 0 aromatic heterocycles. The van der Waals surface area contributed by atoms with E-state index in [1.54, 1.807) is 13.8 Å². The van der Waals surface area contributed by atoms with E-state index in [1.807, 2.05) is 0 Å². The summed E-state index contributed by atoms with van der Waals surface area (Å²) >= 11 is 0. The van der Waals surface area contributed by atoms with Crippen LogP contribution in [-0.4, -0.2) is 18.1 Å². The van der Waals surface area contributed by atoms with E-state index in [0.717, 1.165) is 6.07 Å². The number of nitrogens with two attached hydrogens (primary N) is 1. The number of ether oxygens (including phenoxy) is 1. The molecular weight excluding hydrogens is 321 g/mol. The van der Waals surface area contributed by atoms with Crippen molar-refractivity contribution in [3.63, 3.8) is 0 Å². The second kappa shape index (κ2) is 8.24. The third kappa shape index (κ3) is 6.11. The average Bonchev–Trinajstić information content (AvgIpc) is 2.34. The topological polar surface area (TPSA) is 64.3 Å². The van der Waals surface area contributed by atoms with Crippen molar-refractivity contribution in [2.75, 3.05) is 0 Å². The standard InChI is InChI=1S/C14H19F3N2O2.ClH/c1-8(2)21-11-5-4-10(7-19-13(20)9(3)18)12(6-11)14(15,16)17;/h4-6,8-9H,7,18H2,1-3H3,(H,19,20);1H/t9-;/m1./s1. The van der Waals surface area contributed by atoms with E-state index in [4.69, 9.17) is 10.5 Å². The van der Waals surface area contributed by atoms with E-state index < -0.39 is 23.7 Å². The molecule has 4 nitrogen and oxygen atoms in total. The number of amides is 1. The summed E-state index contributed by atoms with van der Waals surface area (Å²) in [6.45, 7) is 4.67. The first kappa shape index (κ1) is 20.5. The summed E-state index contributed by atoms with van der Waals surface area (Å²) in [6, 6.07) is 2.90. The molecule has 0 saturated heterocycles. The average molecular weight is 341 g/mol. The minimum absolute atomic E-state index is 0. The lowest BCUT2D eigenvalue weighted by Crippen LogP contribution is -2.38. The molecule has 0 heterocycles. The highest BCUT2D eigenvalue weighted by Crippen LogP contribution is 2.34. The van der Waals surface area contributed by atoms with Crippen LogP contribution < -0.4 is 15.8 Å². The largest absolute Gasteiger partial charge is 0.491 e. The Kier molecular flexibility index (Phi) is 7.69. The molecular formula is C14H20ClF3N2O2. The number of hydrogen-bond acceptors (Lipinski definition) is 3. The lowest BCUT2D eigenvalue weighted by molar-refractivity contribution is -0.138. The van der Waals surface area contributed by atoms with Crippen LogP contribution in [0.25, 0.3) is 0 Å². The third-order valence-corrected chi connectivity index (χ3v) is 2.63. The van der Waals surface area contributed by atoms with Crippen LogP contribution in [0.3, 0.4) is 0 Å². The Hall–Kier alpha value is -1.47. The Labute approximate surface area is 133 Å². The van der Waals surface area contributed by atoms with Gasteiger partial charge in [-0.05, 0) is 38.5 Å². The van der Waals surface area contributed by atoms with E-state index in [9.17, 15) is 18.0 Å². The minimum atomic E-state index is -4.52. The van der Waals surface area contributed by atoms with Gasteiger partial charge in [-0.25, -0.2) is 0 Å². The van der Waals surface area contributed by atoms with Crippen molar-refractivity contribution in [1.82, 2.24) is 5.32 Å².